The number of nitrogens with zero attached hydrogens (tertiary/aromatic N) is 4. The summed E-state index contributed by atoms with van der Waals surface area (Å²) in [5.41, 5.74) is 2.46. The first kappa shape index (κ1) is 13.6. The van der Waals surface area contributed by atoms with Crippen LogP contribution >= 0.6 is 11.3 Å². The lowest BCUT2D eigenvalue weighted by Gasteiger charge is -2.03. The average Bonchev–Trinajstić information content (AvgIpc) is 3.27. The number of nitrogens with one attached hydrogen (secondary N) is 2. The van der Waals surface area contributed by atoms with Crippen LogP contribution in [0.3, 0.4) is 0 Å². The second-order valence-corrected chi connectivity index (χ2v) is 5.72. The maximum absolute atomic E-state index is 4.52. The number of aromatic amines is 1. The van der Waals surface area contributed by atoms with E-state index >= 15 is 0 Å². The van der Waals surface area contributed by atoms with Crippen molar-refractivity contribution in [1.82, 2.24) is 25.1 Å². The van der Waals surface area contributed by atoms with E-state index in [-0.39, 0.29) is 0 Å². The molecule has 23 heavy (non-hydrogen) atoms. The van der Waals surface area contributed by atoms with E-state index in [9.17, 15) is 0 Å². The molecule has 6 nitrogen and oxygen atoms in total. The monoisotopic (exact) mass is 320 g/mol. The molecule has 4 rings (SSSR count). The molecule has 0 saturated carbocycles. The Labute approximate surface area is 136 Å². The average molecular weight is 320 g/mol. The van der Waals surface area contributed by atoms with Crippen LogP contribution in [0.5, 0.6) is 0 Å². The maximum atomic E-state index is 4.52. The van der Waals surface area contributed by atoms with Gasteiger partial charge in [0.1, 0.15) is 5.69 Å². The highest BCUT2D eigenvalue weighted by Gasteiger charge is 2.07. The van der Waals surface area contributed by atoms with Gasteiger partial charge in [-0.1, -0.05) is 12.1 Å². The number of hydrogen-bond donors (Lipinski definition) is 2. The summed E-state index contributed by atoms with van der Waals surface area (Å²) in [5.74, 6) is 1.32. The van der Waals surface area contributed by atoms with E-state index in [4.69, 9.17) is 0 Å². The van der Waals surface area contributed by atoms with E-state index in [1.165, 1.54) is 0 Å². The van der Waals surface area contributed by atoms with Crippen LogP contribution in [0.4, 0.5) is 11.6 Å². The molecule has 4 aromatic heterocycles. The molecule has 0 aliphatic heterocycles. The molecule has 0 saturated heterocycles. The lowest BCUT2D eigenvalue weighted by molar-refractivity contribution is 1.09. The van der Waals surface area contributed by atoms with Gasteiger partial charge in [0.15, 0.2) is 11.6 Å². The second-order valence-electron chi connectivity index (χ2n) is 4.77. The Morgan fingerprint density at radius 1 is 1.00 bits per heavy atom. The first-order valence-electron chi connectivity index (χ1n) is 6.98. The summed E-state index contributed by atoms with van der Waals surface area (Å²) in [6.07, 6.45) is 5.08. The molecular formula is C16H12N6S. The molecule has 0 spiro atoms. The molecular weight excluding hydrogens is 308 g/mol. The van der Waals surface area contributed by atoms with Gasteiger partial charge in [-0.15, -0.1) is 11.3 Å². The van der Waals surface area contributed by atoms with Crippen molar-refractivity contribution in [3.8, 4) is 22.0 Å². The zero-order chi connectivity index (χ0) is 15.5. The first-order chi connectivity index (χ1) is 11.4. The molecule has 0 atom stereocenters. The molecule has 4 heterocycles. The molecule has 2 N–H and O–H groups in total. The second kappa shape index (κ2) is 5.98. The molecule has 0 fully saturated rings. The summed E-state index contributed by atoms with van der Waals surface area (Å²) in [5, 5.41) is 12.5. The van der Waals surface area contributed by atoms with Crippen molar-refractivity contribution in [2.24, 2.45) is 0 Å². The predicted octanol–water partition coefficient (Wildman–Crippen LogP) is 3.73. The number of rotatable bonds is 4. The van der Waals surface area contributed by atoms with E-state index < -0.39 is 0 Å². The largest absolute Gasteiger partial charge is 0.322 e. The van der Waals surface area contributed by atoms with Crippen molar-refractivity contribution in [2.75, 3.05) is 5.32 Å². The molecule has 0 radical (unpaired) electrons. The van der Waals surface area contributed by atoms with Gasteiger partial charge in [-0.05, 0) is 23.6 Å². The number of aromatic nitrogens is 5. The lowest BCUT2D eigenvalue weighted by atomic mass is 10.3. The van der Waals surface area contributed by atoms with Crippen molar-refractivity contribution in [3.05, 3.63) is 60.4 Å². The van der Waals surface area contributed by atoms with Crippen molar-refractivity contribution < 1.29 is 0 Å². The summed E-state index contributed by atoms with van der Waals surface area (Å²) in [4.78, 5) is 14.2. The van der Waals surface area contributed by atoms with Crippen molar-refractivity contribution in [1.29, 1.82) is 0 Å². The molecule has 0 aliphatic carbocycles. The highest BCUT2D eigenvalue weighted by molar-refractivity contribution is 7.13. The normalized spacial score (nSPS) is 10.6. The molecule has 0 amide bonds. The summed E-state index contributed by atoms with van der Waals surface area (Å²) in [6.45, 7) is 0. The van der Waals surface area contributed by atoms with Crippen molar-refractivity contribution in [2.45, 2.75) is 0 Å². The van der Waals surface area contributed by atoms with Gasteiger partial charge in [-0.3, -0.25) is 15.1 Å². The maximum Gasteiger partial charge on any atom is 0.154 e. The highest BCUT2D eigenvalue weighted by Crippen LogP contribution is 2.25. The van der Waals surface area contributed by atoms with Gasteiger partial charge in [0.25, 0.3) is 0 Å². The Balaban J connectivity index is 1.58. The van der Waals surface area contributed by atoms with Crippen LogP contribution in [-0.4, -0.2) is 25.1 Å². The SMILES string of the molecule is c1ccc(-c2cncc(Nc3cc(-c4cccs4)[nH]n3)n2)nc1. The Bertz CT molecular complexity index is 901. The molecule has 7 heteroatoms. The van der Waals surface area contributed by atoms with Gasteiger partial charge >= 0.3 is 0 Å². The molecule has 0 aliphatic rings. The Hall–Kier alpha value is -3.06. The first-order valence-corrected chi connectivity index (χ1v) is 7.86. The molecule has 0 aromatic carbocycles. The van der Waals surface area contributed by atoms with Crippen LogP contribution in [0.15, 0.2) is 60.4 Å². The molecule has 4 aromatic rings. The van der Waals surface area contributed by atoms with Crippen LogP contribution in [0.2, 0.25) is 0 Å². The van der Waals surface area contributed by atoms with E-state index in [1.807, 2.05) is 41.8 Å². The van der Waals surface area contributed by atoms with Gasteiger partial charge in [-0.25, -0.2) is 4.98 Å². The zero-order valence-corrected chi connectivity index (χ0v) is 12.8. The molecule has 112 valence electrons. The standard InChI is InChI=1S/C16H12N6S/c1-2-6-18-11(4-1)13-9-17-10-16(19-13)20-15-8-12(21-22-15)14-5-3-7-23-14/h1-10H,(H2,19,20,21,22). The van der Waals surface area contributed by atoms with E-state index in [0.717, 1.165) is 16.3 Å². The Morgan fingerprint density at radius 3 is 2.83 bits per heavy atom. The third-order valence-corrected chi connectivity index (χ3v) is 4.09. The Morgan fingerprint density at radius 2 is 2.00 bits per heavy atom. The quantitative estimate of drug-likeness (QED) is 0.599. The topological polar surface area (TPSA) is 79.4 Å². The smallest absolute Gasteiger partial charge is 0.154 e. The van der Waals surface area contributed by atoms with Gasteiger partial charge in [-0.2, -0.15) is 5.10 Å². The minimum Gasteiger partial charge on any atom is -0.322 e. The van der Waals surface area contributed by atoms with Crippen LogP contribution in [0, 0.1) is 0 Å². The van der Waals surface area contributed by atoms with Gasteiger partial charge < -0.3 is 5.32 Å². The van der Waals surface area contributed by atoms with Crippen molar-refractivity contribution >= 4 is 23.0 Å². The van der Waals surface area contributed by atoms with E-state index in [0.29, 0.717) is 17.3 Å². The number of hydrogen-bond acceptors (Lipinski definition) is 6. The van der Waals surface area contributed by atoms with Crippen LogP contribution in [0.1, 0.15) is 0 Å². The third kappa shape index (κ3) is 2.95. The number of pyridine rings is 1. The van der Waals surface area contributed by atoms with Gasteiger partial charge in [0.2, 0.25) is 0 Å². The number of H-pyrrole nitrogens is 1. The zero-order valence-electron chi connectivity index (χ0n) is 12.0. The number of anilines is 2. The lowest BCUT2D eigenvalue weighted by Crippen LogP contribution is -1.97. The minimum absolute atomic E-state index is 0.623. The summed E-state index contributed by atoms with van der Waals surface area (Å²) < 4.78 is 0. The van der Waals surface area contributed by atoms with E-state index in [1.54, 1.807) is 29.9 Å². The summed E-state index contributed by atoms with van der Waals surface area (Å²) in [6, 6.07) is 11.7. The van der Waals surface area contributed by atoms with Crippen molar-refractivity contribution in [3.63, 3.8) is 0 Å². The highest BCUT2D eigenvalue weighted by atomic mass is 32.1. The minimum atomic E-state index is 0.623. The third-order valence-electron chi connectivity index (χ3n) is 3.18. The number of thiophene rings is 1. The van der Waals surface area contributed by atoms with Crippen LogP contribution in [0.25, 0.3) is 22.0 Å². The summed E-state index contributed by atoms with van der Waals surface area (Å²) >= 11 is 1.66. The van der Waals surface area contributed by atoms with E-state index in [2.05, 4.69) is 30.5 Å². The van der Waals surface area contributed by atoms with Gasteiger partial charge in [0, 0.05) is 12.3 Å². The van der Waals surface area contributed by atoms with Crippen LogP contribution < -0.4 is 5.32 Å². The molecule has 0 unspecified atom stereocenters. The predicted molar refractivity (Wildman–Crippen MR) is 90.4 cm³/mol. The fourth-order valence-corrected chi connectivity index (χ4v) is 2.83. The Kier molecular flexibility index (Phi) is 3.53. The fraction of sp³-hybridized carbons (Fsp3) is 0. The van der Waals surface area contributed by atoms with Crippen LogP contribution in [-0.2, 0) is 0 Å². The fourth-order valence-electron chi connectivity index (χ4n) is 2.14. The molecule has 0 bridgehead atoms. The van der Waals surface area contributed by atoms with Gasteiger partial charge in [0.05, 0.1) is 28.7 Å². The summed E-state index contributed by atoms with van der Waals surface area (Å²) in [7, 11) is 0.